The number of hydrogen-bond donors (Lipinski definition) is 2. The van der Waals surface area contributed by atoms with Crippen LogP contribution in [0.3, 0.4) is 0 Å². The minimum atomic E-state index is -2.00. The van der Waals surface area contributed by atoms with E-state index in [1.54, 1.807) is 39.1 Å². The average molecular weight is 556 g/mol. The Morgan fingerprint density at radius 1 is 1.28 bits per heavy atom. The molecule has 2 unspecified atom stereocenters. The van der Waals surface area contributed by atoms with Crippen LogP contribution in [-0.4, -0.2) is 83.7 Å². The van der Waals surface area contributed by atoms with Gasteiger partial charge in [-0.05, 0) is 44.0 Å². The van der Waals surface area contributed by atoms with Gasteiger partial charge < -0.3 is 20.1 Å². The zero-order valence-corrected chi connectivity index (χ0v) is 22.8. The molecule has 2 aromatic rings. The second-order valence-electron chi connectivity index (χ2n) is 10.0. The highest BCUT2D eigenvalue weighted by atomic mass is 32.1. The van der Waals surface area contributed by atoms with Gasteiger partial charge in [-0.2, -0.15) is 0 Å². The molecule has 2 fully saturated rings. The van der Waals surface area contributed by atoms with Gasteiger partial charge in [-0.25, -0.2) is 19.0 Å². The van der Waals surface area contributed by atoms with E-state index >= 15 is 4.39 Å². The normalized spacial score (nSPS) is 23.4. The number of rotatable bonds is 7. The molecule has 3 aliphatic heterocycles. The van der Waals surface area contributed by atoms with Crippen LogP contribution in [0.1, 0.15) is 39.8 Å². The number of anilines is 1. The van der Waals surface area contributed by atoms with E-state index < -0.39 is 29.4 Å². The molecule has 2 atom stereocenters. The molecule has 0 saturated carbocycles. The van der Waals surface area contributed by atoms with E-state index in [2.05, 4.69) is 15.3 Å². The Kier molecular flexibility index (Phi) is 7.25. The number of thiazole rings is 1. The fraction of sp³-hybridized carbons (Fsp3) is 0.444. The lowest BCUT2D eigenvalue weighted by Gasteiger charge is -2.37. The number of esters is 1. The number of carbonyl (C=O) groups is 3. The average Bonchev–Trinajstić information content (AvgIpc) is 3.51. The number of aromatic carboxylic acids is 1. The molecule has 1 amide bonds. The molecular weight excluding hydrogens is 525 g/mol. The highest BCUT2D eigenvalue weighted by Gasteiger charge is 2.57. The number of amides is 1. The number of aryl methyl sites for hydroxylation is 2. The lowest BCUT2D eigenvalue weighted by Crippen LogP contribution is -2.52. The molecule has 1 aromatic heterocycles. The quantitative estimate of drug-likeness (QED) is 0.500. The summed E-state index contributed by atoms with van der Waals surface area (Å²) in [7, 11) is 0. The fourth-order valence-electron chi connectivity index (χ4n) is 5.62. The van der Waals surface area contributed by atoms with Crippen molar-refractivity contribution < 1.29 is 28.6 Å². The van der Waals surface area contributed by atoms with Gasteiger partial charge in [0.15, 0.2) is 16.5 Å². The Morgan fingerprint density at radius 3 is 2.67 bits per heavy atom. The number of carboxylic acid groups (broad SMARTS) is 1. The molecular formula is C27H30FN5O5S. The van der Waals surface area contributed by atoms with Crippen LogP contribution in [0.2, 0.25) is 0 Å². The summed E-state index contributed by atoms with van der Waals surface area (Å²) in [5, 5.41) is 15.3. The number of alkyl halides is 1. The van der Waals surface area contributed by atoms with Crippen LogP contribution >= 0.6 is 11.3 Å². The number of benzene rings is 1. The number of carboxylic acids is 1. The smallest absolute Gasteiger partial charge is 0.337 e. The standard InChI is InChI=1S/C27H30FN5O5S/c1-4-38-25(36)19-11-30-22(23-29-6-8-39-23)31-20(19)14-32-7-5-27(28)17(12-32)13-33(26(27)37)18-9-15(2)21(24(34)35)16(3)10-18/h6,8-10,17H,4-5,7,11-14H2,1-3H3,(H,30,31)(H,34,35). The zero-order chi connectivity index (χ0) is 27.9. The third-order valence-electron chi connectivity index (χ3n) is 7.53. The van der Waals surface area contributed by atoms with Gasteiger partial charge in [0.05, 0.1) is 24.3 Å². The number of fused-ring (bicyclic) bond motifs is 1. The Hall–Kier alpha value is -3.64. The first-order valence-electron chi connectivity index (χ1n) is 12.8. The van der Waals surface area contributed by atoms with Crippen molar-refractivity contribution in [1.29, 1.82) is 0 Å². The lowest BCUT2D eigenvalue weighted by atomic mass is 9.85. The van der Waals surface area contributed by atoms with Crippen molar-refractivity contribution in [2.45, 2.75) is 32.9 Å². The predicted molar refractivity (Wildman–Crippen MR) is 144 cm³/mol. The molecule has 5 rings (SSSR count). The summed E-state index contributed by atoms with van der Waals surface area (Å²) in [6.45, 7) is 6.64. The van der Waals surface area contributed by atoms with Crippen molar-refractivity contribution in [3.05, 3.63) is 56.7 Å². The van der Waals surface area contributed by atoms with Crippen LogP contribution in [-0.2, 0) is 14.3 Å². The third kappa shape index (κ3) is 4.94. The summed E-state index contributed by atoms with van der Waals surface area (Å²) in [5.41, 5.74) is 0.789. The number of aromatic nitrogens is 1. The van der Waals surface area contributed by atoms with Crippen LogP contribution in [0.5, 0.6) is 0 Å². The van der Waals surface area contributed by atoms with Gasteiger partial charge in [-0.15, -0.1) is 11.3 Å². The fourth-order valence-corrected chi connectivity index (χ4v) is 6.22. The molecule has 0 radical (unpaired) electrons. The minimum absolute atomic E-state index is 0.0214. The van der Waals surface area contributed by atoms with Gasteiger partial charge >= 0.3 is 11.9 Å². The van der Waals surface area contributed by atoms with Gasteiger partial charge in [0.1, 0.15) is 0 Å². The molecule has 4 heterocycles. The molecule has 206 valence electrons. The SMILES string of the molecule is CCOC(=O)C1=C(CN2CCC3(F)C(=O)N(c4cc(C)c(C(=O)O)c(C)c4)CC3C2)NC(c2nccs2)=NC1. The monoisotopic (exact) mass is 555 g/mol. The number of halogens is 1. The van der Waals surface area contributed by atoms with Crippen LogP contribution in [0, 0.1) is 19.8 Å². The maximum absolute atomic E-state index is 16.2. The summed E-state index contributed by atoms with van der Waals surface area (Å²) in [6, 6.07) is 3.27. The lowest BCUT2D eigenvalue weighted by molar-refractivity contribution is -0.138. The molecule has 2 N–H and O–H groups in total. The number of hydrogen-bond acceptors (Lipinski definition) is 9. The van der Waals surface area contributed by atoms with Gasteiger partial charge in [-0.3, -0.25) is 14.7 Å². The molecule has 0 bridgehead atoms. The van der Waals surface area contributed by atoms with E-state index in [0.717, 1.165) is 0 Å². The van der Waals surface area contributed by atoms with Crippen molar-refractivity contribution in [2.24, 2.45) is 10.9 Å². The minimum Gasteiger partial charge on any atom is -0.478 e. The Morgan fingerprint density at radius 2 is 2.03 bits per heavy atom. The first kappa shape index (κ1) is 26.9. The molecule has 1 aromatic carbocycles. The Balaban J connectivity index is 1.35. The summed E-state index contributed by atoms with van der Waals surface area (Å²) in [6.07, 6.45) is 1.70. The van der Waals surface area contributed by atoms with Gasteiger partial charge in [-0.1, -0.05) is 0 Å². The number of nitrogens with one attached hydrogen (secondary N) is 1. The Labute approximate surface area is 229 Å². The summed E-state index contributed by atoms with van der Waals surface area (Å²) in [5.74, 6) is -2.08. The van der Waals surface area contributed by atoms with Crippen molar-refractivity contribution in [1.82, 2.24) is 15.2 Å². The number of carbonyl (C=O) groups excluding carboxylic acids is 2. The first-order chi connectivity index (χ1) is 18.6. The van der Waals surface area contributed by atoms with Gasteiger partial charge in [0.25, 0.3) is 5.91 Å². The molecule has 0 spiro atoms. The topological polar surface area (TPSA) is 124 Å². The highest BCUT2D eigenvalue weighted by molar-refractivity contribution is 7.11. The molecule has 10 nitrogen and oxygen atoms in total. The Bertz CT molecular complexity index is 1370. The number of nitrogens with zero attached hydrogens (tertiary/aromatic N) is 4. The van der Waals surface area contributed by atoms with Crippen molar-refractivity contribution in [3.63, 3.8) is 0 Å². The van der Waals surface area contributed by atoms with Crippen molar-refractivity contribution in [3.8, 4) is 0 Å². The maximum atomic E-state index is 16.2. The van der Waals surface area contributed by atoms with Crippen LogP contribution < -0.4 is 10.2 Å². The second-order valence-corrected chi connectivity index (χ2v) is 10.9. The van der Waals surface area contributed by atoms with Crippen LogP contribution in [0.4, 0.5) is 10.1 Å². The number of likely N-dealkylation sites (tertiary alicyclic amines) is 1. The van der Waals surface area contributed by atoms with Crippen LogP contribution in [0.25, 0.3) is 0 Å². The number of piperidine rings is 1. The first-order valence-corrected chi connectivity index (χ1v) is 13.7. The second kappa shape index (κ2) is 10.5. The number of aliphatic imine (C=N–C) groups is 1. The molecule has 2 saturated heterocycles. The van der Waals surface area contributed by atoms with E-state index in [1.807, 2.05) is 10.3 Å². The predicted octanol–water partition coefficient (Wildman–Crippen LogP) is 2.70. The largest absolute Gasteiger partial charge is 0.478 e. The van der Waals surface area contributed by atoms with Crippen molar-refractivity contribution in [2.75, 3.05) is 44.2 Å². The van der Waals surface area contributed by atoms with E-state index in [0.29, 0.717) is 58.6 Å². The summed E-state index contributed by atoms with van der Waals surface area (Å²) < 4.78 is 21.4. The molecule has 39 heavy (non-hydrogen) atoms. The maximum Gasteiger partial charge on any atom is 0.337 e. The third-order valence-corrected chi connectivity index (χ3v) is 8.31. The summed E-state index contributed by atoms with van der Waals surface area (Å²) >= 11 is 1.43. The number of ether oxygens (including phenoxy) is 1. The highest BCUT2D eigenvalue weighted by Crippen LogP contribution is 2.42. The van der Waals surface area contributed by atoms with Crippen LogP contribution in [0.15, 0.2) is 40.0 Å². The zero-order valence-electron chi connectivity index (χ0n) is 22.0. The molecule has 0 aliphatic carbocycles. The van der Waals surface area contributed by atoms with Gasteiger partial charge in [0.2, 0.25) is 0 Å². The number of amidine groups is 1. The van der Waals surface area contributed by atoms with Gasteiger partial charge in [0, 0.05) is 61.5 Å². The van der Waals surface area contributed by atoms with Crippen molar-refractivity contribution >= 4 is 40.7 Å². The van der Waals surface area contributed by atoms with E-state index in [-0.39, 0.29) is 31.7 Å². The van der Waals surface area contributed by atoms with E-state index in [4.69, 9.17) is 4.74 Å². The molecule has 12 heteroatoms. The van der Waals surface area contributed by atoms with E-state index in [9.17, 15) is 19.5 Å². The van der Waals surface area contributed by atoms with E-state index in [1.165, 1.54) is 16.2 Å². The summed E-state index contributed by atoms with van der Waals surface area (Å²) in [4.78, 5) is 49.8. The molecule has 3 aliphatic rings.